The van der Waals surface area contributed by atoms with Gasteiger partial charge >= 0.3 is 12.0 Å². The molecule has 1 rings (SSSR count). The Kier molecular flexibility index (Phi) is 5.65. The van der Waals surface area contributed by atoms with Gasteiger partial charge in [-0.05, 0) is 32.0 Å². The summed E-state index contributed by atoms with van der Waals surface area (Å²) in [4.78, 5) is 34.5. The van der Waals surface area contributed by atoms with E-state index in [0.29, 0.717) is 6.54 Å². The molecule has 7 nitrogen and oxygen atoms in total. The molecule has 4 N–H and O–H groups in total. The van der Waals surface area contributed by atoms with Crippen LogP contribution in [0.4, 0.5) is 14.9 Å². The molecule has 1 unspecified atom stereocenters. The van der Waals surface area contributed by atoms with Crippen molar-refractivity contribution in [2.24, 2.45) is 0 Å². The van der Waals surface area contributed by atoms with E-state index in [0.717, 1.165) is 12.1 Å². The molecule has 3 amide bonds. The third-order valence-electron chi connectivity index (χ3n) is 2.38. The van der Waals surface area contributed by atoms with E-state index in [1.807, 2.05) is 5.32 Å². The van der Waals surface area contributed by atoms with Crippen molar-refractivity contribution in [2.75, 3.05) is 12.3 Å². The van der Waals surface area contributed by atoms with Crippen LogP contribution in [0.15, 0.2) is 18.2 Å². The van der Waals surface area contributed by atoms with Gasteiger partial charge in [-0.15, -0.1) is 0 Å². The second-order valence-corrected chi connectivity index (χ2v) is 4.17. The van der Waals surface area contributed by atoms with Gasteiger partial charge in [0.25, 0.3) is 5.91 Å². The van der Waals surface area contributed by atoms with Crippen LogP contribution in [0.25, 0.3) is 0 Å². The van der Waals surface area contributed by atoms with E-state index < -0.39 is 29.8 Å². The number of amides is 3. The van der Waals surface area contributed by atoms with Crippen molar-refractivity contribution in [3.8, 4) is 0 Å². The molecule has 0 aliphatic heterocycles. The third kappa shape index (κ3) is 5.09. The van der Waals surface area contributed by atoms with Crippen LogP contribution in [0.2, 0.25) is 0 Å². The van der Waals surface area contributed by atoms with Crippen LogP contribution in [-0.2, 0) is 9.53 Å². The Balaban J connectivity index is 2.65. The maximum absolute atomic E-state index is 13.1. The number of esters is 1. The molecule has 0 saturated carbocycles. The highest BCUT2D eigenvalue weighted by molar-refractivity contribution is 5.98. The van der Waals surface area contributed by atoms with Gasteiger partial charge in [0.1, 0.15) is 5.82 Å². The van der Waals surface area contributed by atoms with Crippen molar-refractivity contribution in [2.45, 2.75) is 20.0 Å². The summed E-state index contributed by atoms with van der Waals surface area (Å²) >= 11 is 0. The molecule has 0 fully saturated rings. The summed E-state index contributed by atoms with van der Waals surface area (Å²) < 4.78 is 18.0. The largest absolute Gasteiger partial charge is 0.449 e. The predicted molar refractivity (Wildman–Crippen MR) is 72.9 cm³/mol. The molecule has 0 aliphatic carbocycles. The lowest BCUT2D eigenvalue weighted by Gasteiger charge is -2.13. The minimum Gasteiger partial charge on any atom is -0.449 e. The number of hydrogen-bond donors (Lipinski definition) is 3. The summed E-state index contributed by atoms with van der Waals surface area (Å²) in [6.07, 6.45) is -1.22. The maximum atomic E-state index is 13.1. The fourth-order valence-electron chi connectivity index (χ4n) is 1.43. The first-order valence-corrected chi connectivity index (χ1v) is 6.19. The highest BCUT2D eigenvalue weighted by atomic mass is 19.1. The van der Waals surface area contributed by atoms with Crippen molar-refractivity contribution in [1.82, 2.24) is 10.6 Å². The second-order valence-electron chi connectivity index (χ2n) is 4.17. The first-order valence-electron chi connectivity index (χ1n) is 6.19. The number of nitrogen functional groups attached to an aromatic ring is 1. The Hall–Kier alpha value is -2.64. The van der Waals surface area contributed by atoms with Crippen LogP contribution < -0.4 is 16.4 Å². The van der Waals surface area contributed by atoms with Crippen molar-refractivity contribution in [3.63, 3.8) is 0 Å². The van der Waals surface area contributed by atoms with E-state index in [1.165, 1.54) is 13.0 Å². The number of carbonyl (C=O) groups is 3. The second kappa shape index (κ2) is 7.22. The van der Waals surface area contributed by atoms with E-state index in [-0.39, 0.29) is 11.3 Å². The molecule has 0 spiro atoms. The molecule has 114 valence electrons. The van der Waals surface area contributed by atoms with Crippen molar-refractivity contribution < 1.29 is 23.5 Å². The number of halogens is 1. The summed E-state index contributed by atoms with van der Waals surface area (Å²) in [5.41, 5.74) is 5.34. The van der Waals surface area contributed by atoms with E-state index in [1.54, 1.807) is 6.92 Å². The van der Waals surface area contributed by atoms with Crippen molar-refractivity contribution in [3.05, 3.63) is 29.6 Å². The van der Waals surface area contributed by atoms with Crippen LogP contribution in [0.3, 0.4) is 0 Å². The molecule has 1 aromatic carbocycles. The topological polar surface area (TPSA) is 111 Å². The van der Waals surface area contributed by atoms with E-state index in [9.17, 15) is 18.8 Å². The highest BCUT2D eigenvalue weighted by Gasteiger charge is 2.21. The molecule has 21 heavy (non-hydrogen) atoms. The number of urea groups is 1. The average molecular weight is 297 g/mol. The number of benzene rings is 1. The number of ether oxygens (including phenoxy) is 1. The standard InChI is InChI=1S/C13H16FN3O4/c1-3-16-13(20)17-11(18)7(2)21-12(19)8-4-9(14)6-10(15)5-8/h4-7H,3,15H2,1-2H3,(H2,16,17,18,20). The molecular weight excluding hydrogens is 281 g/mol. The number of rotatable bonds is 4. The number of nitrogens with two attached hydrogens (primary N) is 1. The SMILES string of the molecule is CCNC(=O)NC(=O)C(C)OC(=O)c1cc(N)cc(F)c1. The van der Waals surface area contributed by atoms with Gasteiger partial charge in [0.15, 0.2) is 6.10 Å². The highest BCUT2D eigenvalue weighted by Crippen LogP contribution is 2.12. The van der Waals surface area contributed by atoms with Gasteiger partial charge in [-0.3, -0.25) is 10.1 Å². The van der Waals surface area contributed by atoms with Gasteiger partial charge in [0.2, 0.25) is 0 Å². The zero-order valence-electron chi connectivity index (χ0n) is 11.6. The van der Waals surface area contributed by atoms with Crippen molar-refractivity contribution >= 4 is 23.6 Å². The Morgan fingerprint density at radius 2 is 2.00 bits per heavy atom. The van der Waals surface area contributed by atoms with Crippen molar-refractivity contribution in [1.29, 1.82) is 0 Å². The normalized spacial score (nSPS) is 11.4. The lowest BCUT2D eigenvalue weighted by molar-refractivity contribution is -0.127. The molecule has 0 heterocycles. The first-order chi connectivity index (χ1) is 9.83. The minimum atomic E-state index is -1.22. The van der Waals surface area contributed by atoms with Crippen LogP contribution in [0.5, 0.6) is 0 Å². The van der Waals surface area contributed by atoms with E-state index in [2.05, 4.69) is 5.32 Å². The summed E-state index contributed by atoms with van der Waals surface area (Å²) in [5.74, 6) is -2.40. The summed E-state index contributed by atoms with van der Waals surface area (Å²) in [6, 6.07) is 2.51. The number of hydrogen-bond acceptors (Lipinski definition) is 5. The Bertz CT molecular complexity index is 542. The smallest absolute Gasteiger partial charge is 0.339 e. The summed E-state index contributed by atoms with van der Waals surface area (Å²) in [6.45, 7) is 3.31. The monoisotopic (exact) mass is 297 g/mol. The lowest BCUT2D eigenvalue weighted by Crippen LogP contribution is -2.44. The fraction of sp³-hybridized carbons (Fsp3) is 0.308. The maximum Gasteiger partial charge on any atom is 0.339 e. The van der Waals surface area contributed by atoms with Crippen LogP contribution in [0.1, 0.15) is 24.2 Å². The van der Waals surface area contributed by atoms with Gasteiger partial charge in [0.05, 0.1) is 5.56 Å². The molecule has 0 aliphatic rings. The average Bonchev–Trinajstić information content (AvgIpc) is 2.37. The van der Waals surface area contributed by atoms with Crippen LogP contribution >= 0.6 is 0 Å². The van der Waals surface area contributed by atoms with Gasteiger partial charge < -0.3 is 15.8 Å². The molecular formula is C13H16FN3O4. The van der Waals surface area contributed by atoms with Gasteiger partial charge in [-0.25, -0.2) is 14.0 Å². The molecule has 0 bridgehead atoms. The summed E-state index contributed by atoms with van der Waals surface area (Å²) in [5, 5.41) is 4.35. The Labute approximate surface area is 120 Å². The van der Waals surface area contributed by atoms with E-state index in [4.69, 9.17) is 10.5 Å². The van der Waals surface area contributed by atoms with E-state index >= 15 is 0 Å². The molecule has 1 aromatic rings. The fourth-order valence-corrected chi connectivity index (χ4v) is 1.43. The number of carbonyl (C=O) groups excluding carboxylic acids is 3. The van der Waals surface area contributed by atoms with Gasteiger partial charge in [0, 0.05) is 12.2 Å². The first kappa shape index (κ1) is 16.4. The summed E-state index contributed by atoms with van der Waals surface area (Å²) in [7, 11) is 0. The zero-order chi connectivity index (χ0) is 16.0. The van der Waals surface area contributed by atoms with Gasteiger partial charge in [-0.1, -0.05) is 0 Å². The molecule has 8 heteroatoms. The predicted octanol–water partition coefficient (Wildman–Crippen LogP) is 0.799. The van der Waals surface area contributed by atoms with Gasteiger partial charge in [-0.2, -0.15) is 0 Å². The Morgan fingerprint density at radius 3 is 2.57 bits per heavy atom. The molecule has 0 radical (unpaired) electrons. The lowest BCUT2D eigenvalue weighted by atomic mass is 10.2. The quantitative estimate of drug-likeness (QED) is 0.562. The molecule has 1 atom stereocenters. The van der Waals surface area contributed by atoms with Crippen LogP contribution in [-0.4, -0.2) is 30.6 Å². The van der Waals surface area contributed by atoms with Crippen LogP contribution in [0, 0.1) is 5.82 Å². The number of nitrogens with one attached hydrogen (secondary N) is 2. The number of anilines is 1. The molecule has 0 aromatic heterocycles. The number of imide groups is 1. The molecule has 0 saturated heterocycles. The Morgan fingerprint density at radius 1 is 1.33 bits per heavy atom. The zero-order valence-corrected chi connectivity index (χ0v) is 11.6. The minimum absolute atomic E-state index is 0.0568. The third-order valence-corrected chi connectivity index (χ3v) is 2.38.